The van der Waals surface area contributed by atoms with Crippen molar-refractivity contribution in [3.8, 4) is 0 Å². The maximum absolute atomic E-state index is 13.2. The van der Waals surface area contributed by atoms with E-state index >= 15 is 0 Å². The molecular weight excluding hydrogens is 592 g/mol. The molecule has 9 nitrogen and oxygen atoms in total. The lowest BCUT2D eigenvalue weighted by atomic mass is 9.71. The Balaban J connectivity index is 1.28. The van der Waals surface area contributed by atoms with Gasteiger partial charge in [0.15, 0.2) is 0 Å². The van der Waals surface area contributed by atoms with Crippen molar-refractivity contribution in [2.45, 2.75) is 43.6 Å². The molecule has 9 heteroatoms. The van der Waals surface area contributed by atoms with Gasteiger partial charge in [-0.05, 0) is 85.6 Å². The molecule has 1 heterocycles. The third-order valence-corrected chi connectivity index (χ3v) is 9.15. The lowest BCUT2D eigenvalue weighted by Crippen LogP contribution is -2.51. The topological polar surface area (TPSA) is 105 Å². The first-order valence-electron chi connectivity index (χ1n) is 16.2. The van der Waals surface area contributed by atoms with E-state index in [9.17, 15) is 19.7 Å². The van der Waals surface area contributed by atoms with Gasteiger partial charge in [0.05, 0.1) is 11.5 Å². The van der Waals surface area contributed by atoms with Gasteiger partial charge in [0, 0.05) is 24.1 Å². The second kappa shape index (κ2) is 16.6. The first kappa shape index (κ1) is 33.5. The molecule has 0 spiro atoms. The molecule has 0 saturated carbocycles. The van der Waals surface area contributed by atoms with Gasteiger partial charge in [0.2, 0.25) is 0 Å². The Bertz CT molecular complexity index is 1520. The Morgan fingerprint density at radius 1 is 0.894 bits per heavy atom. The van der Waals surface area contributed by atoms with E-state index in [0.717, 1.165) is 56.4 Å². The summed E-state index contributed by atoms with van der Waals surface area (Å²) in [5, 5.41) is 12.2. The third kappa shape index (κ3) is 8.90. The van der Waals surface area contributed by atoms with Crippen LogP contribution in [0.3, 0.4) is 0 Å². The second-order valence-corrected chi connectivity index (χ2v) is 12.0. The fourth-order valence-corrected chi connectivity index (χ4v) is 6.53. The van der Waals surface area contributed by atoms with Crippen LogP contribution in [0.2, 0.25) is 0 Å². The highest BCUT2D eigenvalue weighted by Crippen LogP contribution is 2.37. The number of nitro groups is 1. The van der Waals surface area contributed by atoms with Crippen molar-refractivity contribution in [3.63, 3.8) is 0 Å². The van der Waals surface area contributed by atoms with Crippen molar-refractivity contribution in [2.24, 2.45) is 0 Å². The van der Waals surface area contributed by atoms with Crippen LogP contribution in [0.25, 0.3) is 0 Å². The highest BCUT2D eigenvalue weighted by atomic mass is 16.6. The van der Waals surface area contributed by atoms with Crippen LogP contribution in [0.15, 0.2) is 115 Å². The smallest absolute Gasteiger partial charge is 0.424 e. The fraction of sp³-hybridized carbons (Fsp3) is 0.316. The number of carbonyl (C=O) groups excluding carboxylic acids is 2. The van der Waals surface area contributed by atoms with Crippen LogP contribution in [0.1, 0.15) is 53.9 Å². The normalized spacial score (nSPS) is 14.0. The van der Waals surface area contributed by atoms with E-state index in [1.807, 2.05) is 36.4 Å². The van der Waals surface area contributed by atoms with Gasteiger partial charge in [-0.3, -0.25) is 10.1 Å². The number of likely N-dealkylation sites (tertiary alicyclic amines) is 1. The van der Waals surface area contributed by atoms with Gasteiger partial charge in [-0.25, -0.2) is 15.2 Å². The van der Waals surface area contributed by atoms with E-state index in [-0.39, 0.29) is 18.8 Å². The van der Waals surface area contributed by atoms with Crippen LogP contribution in [0.5, 0.6) is 0 Å². The van der Waals surface area contributed by atoms with Crippen LogP contribution in [-0.2, 0) is 21.6 Å². The molecule has 1 amide bonds. The molecule has 1 N–H and O–H groups in total. The average Bonchev–Trinajstić information content (AvgIpc) is 3.13. The summed E-state index contributed by atoms with van der Waals surface area (Å²) < 4.78 is 5.51. The number of non-ortho nitro benzene ring substituents is 1. The summed E-state index contributed by atoms with van der Waals surface area (Å²) in [7, 11) is 0. The summed E-state index contributed by atoms with van der Waals surface area (Å²) in [4.78, 5) is 37.9. The number of amides is 1. The summed E-state index contributed by atoms with van der Waals surface area (Å²) >= 11 is 0. The van der Waals surface area contributed by atoms with E-state index in [1.54, 1.807) is 12.1 Å². The van der Waals surface area contributed by atoms with E-state index in [4.69, 9.17) is 4.74 Å². The Labute approximate surface area is 276 Å². The molecule has 1 fully saturated rings. The van der Waals surface area contributed by atoms with Crippen LogP contribution in [0, 0.1) is 10.1 Å². The van der Waals surface area contributed by atoms with E-state index < -0.39 is 16.4 Å². The molecule has 4 aromatic carbocycles. The van der Waals surface area contributed by atoms with Gasteiger partial charge >= 0.3 is 6.09 Å². The number of nitro benzene ring substituents is 1. The molecule has 1 saturated heterocycles. The lowest BCUT2D eigenvalue weighted by molar-refractivity contribution is -0.384. The van der Waals surface area contributed by atoms with Crippen LogP contribution in [-0.4, -0.2) is 59.9 Å². The van der Waals surface area contributed by atoms with Crippen molar-refractivity contribution >= 4 is 18.1 Å². The maximum Gasteiger partial charge on any atom is 0.424 e. The van der Waals surface area contributed by atoms with E-state index in [2.05, 4.69) is 64.9 Å². The van der Waals surface area contributed by atoms with Gasteiger partial charge in [-0.2, -0.15) is 0 Å². The molecule has 4 aromatic rings. The Hall–Kier alpha value is -4.86. The van der Waals surface area contributed by atoms with Crippen LogP contribution >= 0.6 is 0 Å². The number of aldehydes is 1. The zero-order valence-corrected chi connectivity index (χ0v) is 26.6. The monoisotopic (exact) mass is 634 g/mol. The van der Waals surface area contributed by atoms with E-state index in [0.29, 0.717) is 24.3 Å². The van der Waals surface area contributed by atoms with Gasteiger partial charge in [0.1, 0.15) is 12.9 Å². The molecule has 0 bridgehead atoms. The zero-order chi connectivity index (χ0) is 32.9. The third-order valence-electron chi connectivity index (χ3n) is 9.15. The Morgan fingerprint density at radius 3 is 2.02 bits per heavy atom. The van der Waals surface area contributed by atoms with Crippen LogP contribution < -0.4 is 5.43 Å². The number of hydrogen-bond donors (Lipinski definition) is 1. The maximum atomic E-state index is 13.2. The van der Waals surface area contributed by atoms with Gasteiger partial charge in [-0.15, -0.1) is 0 Å². The molecule has 1 aliphatic heterocycles. The molecule has 0 aromatic heterocycles. The summed E-state index contributed by atoms with van der Waals surface area (Å²) in [5.74, 6) is 0.605. The van der Waals surface area contributed by atoms with Crippen molar-refractivity contribution in [1.82, 2.24) is 15.3 Å². The molecule has 0 aliphatic carbocycles. The minimum atomic E-state index is -0.702. The van der Waals surface area contributed by atoms with Crippen molar-refractivity contribution in [3.05, 3.63) is 148 Å². The molecule has 5 rings (SSSR count). The number of piperidine rings is 1. The summed E-state index contributed by atoms with van der Waals surface area (Å²) in [6.07, 6.45) is 4.02. The number of nitrogens with zero attached hydrogens (tertiary/aromatic N) is 3. The second-order valence-electron chi connectivity index (χ2n) is 12.0. The van der Waals surface area contributed by atoms with Crippen LogP contribution in [0.4, 0.5) is 10.5 Å². The fourth-order valence-electron chi connectivity index (χ4n) is 6.53. The van der Waals surface area contributed by atoms with Gasteiger partial charge in [0.25, 0.3) is 5.69 Å². The van der Waals surface area contributed by atoms with E-state index in [1.165, 1.54) is 22.7 Å². The quantitative estimate of drug-likeness (QED) is 0.0863. The molecule has 0 atom stereocenters. The number of ether oxygens (including phenoxy) is 1. The minimum Gasteiger partial charge on any atom is -0.444 e. The van der Waals surface area contributed by atoms with Crippen molar-refractivity contribution in [1.29, 1.82) is 0 Å². The molecule has 47 heavy (non-hydrogen) atoms. The zero-order valence-electron chi connectivity index (χ0n) is 26.6. The standard InChI is InChI=1S/C38H42N4O5/c43-28-27-41(37(44)47-29-31-17-19-36(20-18-31)42(45)46)39-30-38(34-13-6-2-7-14-34,35-15-8-3-9-16-35)23-10-24-40-25-21-33(22-26-40)32-11-4-1-5-12-32/h1-9,11-20,28,33,39H,10,21-27,29-30H2. The lowest BCUT2D eigenvalue weighted by Gasteiger charge is -2.38. The molecule has 244 valence electrons. The van der Waals surface area contributed by atoms with Gasteiger partial charge < -0.3 is 14.4 Å². The molecule has 0 radical (unpaired) electrons. The highest BCUT2D eigenvalue weighted by Gasteiger charge is 2.35. The van der Waals surface area contributed by atoms with Gasteiger partial charge in [-0.1, -0.05) is 91.0 Å². The summed E-state index contributed by atoms with van der Waals surface area (Å²) in [6.45, 7) is 3.17. The first-order chi connectivity index (χ1) is 23.0. The Morgan fingerprint density at radius 2 is 1.47 bits per heavy atom. The molecular formula is C38H42N4O5. The largest absolute Gasteiger partial charge is 0.444 e. The van der Waals surface area contributed by atoms with Crippen molar-refractivity contribution in [2.75, 3.05) is 32.7 Å². The number of hydrogen-bond acceptors (Lipinski definition) is 7. The predicted molar refractivity (Wildman–Crippen MR) is 182 cm³/mol. The number of benzene rings is 4. The predicted octanol–water partition coefficient (Wildman–Crippen LogP) is 6.88. The summed E-state index contributed by atoms with van der Waals surface area (Å²) in [5.41, 5.74) is 6.98. The average molecular weight is 635 g/mol. The first-order valence-corrected chi connectivity index (χ1v) is 16.2. The molecule has 1 aliphatic rings. The summed E-state index contributed by atoms with van der Waals surface area (Å²) in [6, 6.07) is 37.2. The Kier molecular flexibility index (Phi) is 11.9. The number of rotatable bonds is 15. The molecule has 0 unspecified atom stereocenters. The van der Waals surface area contributed by atoms with Crippen molar-refractivity contribution < 1.29 is 19.2 Å². The number of nitrogens with one attached hydrogen (secondary N) is 1. The minimum absolute atomic E-state index is 0.0424. The SMILES string of the molecule is O=CCN(NCC(CCCN1CCC(c2ccccc2)CC1)(c1ccccc1)c1ccccc1)C(=O)OCc1ccc([N+](=O)[O-])cc1. The number of hydrazine groups is 1. The highest BCUT2D eigenvalue weighted by molar-refractivity contribution is 5.70. The number of carbonyl (C=O) groups is 2.